The van der Waals surface area contributed by atoms with Crippen LogP contribution in [0.25, 0.3) is 33.1 Å². The summed E-state index contributed by atoms with van der Waals surface area (Å²) in [6.07, 6.45) is 8.30. The van der Waals surface area contributed by atoms with Crippen LogP contribution in [0, 0.1) is 0 Å². The summed E-state index contributed by atoms with van der Waals surface area (Å²) in [4.78, 5) is 24.7. The number of rotatable bonds is 4. The van der Waals surface area contributed by atoms with Gasteiger partial charge in [0, 0.05) is 49.0 Å². The average molecular weight is 395 g/mol. The molecule has 0 radical (unpaired) electrons. The van der Waals surface area contributed by atoms with Crippen molar-refractivity contribution in [1.29, 1.82) is 0 Å². The van der Waals surface area contributed by atoms with Crippen LogP contribution in [0.4, 0.5) is 0 Å². The molecule has 0 bridgehead atoms. The molecule has 146 valence electrons. The number of aromatic nitrogens is 4. The molecule has 0 unspecified atom stereocenters. The summed E-state index contributed by atoms with van der Waals surface area (Å²) in [5.41, 5.74) is 10.1. The van der Waals surface area contributed by atoms with E-state index in [4.69, 9.17) is 10.5 Å². The van der Waals surface area contributed by atoms with Gasteiger partial charge in [-0.15, -0.1) is 0 Å². The van der Waals surface area contributed by atoms with Crippen molar-refractivity contribution in [3.05, 3.63) is 79.0 Å². The van der Waals surface area contributed by atoms with Gasteiger partial charge in [0.2, 0.25) is 0 Å². The highest BCUT2D eigenvalue weighted by Gasteiger charge is 2.14. The Hall–Kier alpha value is -4.26. The van der Waals surface area contributed by atoms with Crippen molar-refractivity contribution in [3.8, 4) is 22.6 Å². The number of hydrogen-bond donors (Lipinski definition) is 1. The van der Waals surface area contributed by atoms with Gasteiger partial charge >= 0.3 is 0 Å². The summed E-state index contributed by atoms with van der Waals surface area (Å²) >= 11 is 0. The van der Waals surface area contributed by atoms with E-state index >= 15 is 0 Å². The largest absolute Gasteiger partial charge is 0.455 e. The number of carbonyl (C=O) groups excluding carboxylic acids is 1. The Morgan fingerprint density at radius 3 is 2.77 bits per heavy atom. The summed E-state index contributed by atoms with van der Waals surface area (Å²) in [5, 5.41) is 1.16. The lowest BCUT2D eigenvalue weighted by molar-refractivity contribution is 0.0998. The molecule has 0 fully saturated rings. The second-order valence-corrected chi connectivity index (χ2v) is 6.93. The van der Waals surface area contributed by atoms with Gasteiger partial charge in [-0.2, -0.15) is 0 Å². The Bertz CT molecular complexity index is 1420. The predicted molar refractivity (Wildman–Crippen MR) is 114 cm³/mol. The van der Waals surface area contributed by atoms with Crippen molar-refractivity contribution >= 4 is 27.8 Å². The maximum absolute atomic E-state index is 11.7. The standard InChI is InChI=1S/C23H17N5O2/c1-28-9-5-14-2-3-15(10-20(14)28)18-11-16(12-19-22(18)27-8-7-26-19)30-21-13-25-6-4-17(21)23(24)29/h2-13H,1H3,(H2,24,29). The van der Waals surface area contributed by atoms with Crippen LogP contribution >= 0.6 is 0 Å². The number of hydrogen-bond acceptors (Lipinski definition) is 5. The van der Waals surface area contributed by atoms with E-state index in [1.807, 2.05) is 19.3 Å². The molecule has 0 saturated heterocycles. The van der Waals surface area contributed by atoms with E-state index in [1.54, 1.807) is 18.5 Å². The first kappa shape index (κ1) is 17.8. The van der Waals surface area contributed by atoms with E-state index in [9.17, 15) is 4.79 Å². The Balaban J connectivity index is 1.68. The molecule has 30 heavy (non-hydrogen) atoms. The Labute approximate surface area is 171 Å². The smallest absolute Gasteiger partial charge is 0.252 e. The summed E-state index contributed by atoms with van der Waals surface area (Å²) in [7, 11) is 2.01. The quantitative estimate of drug-likeness (QED) is 0.495. The molecule has 0 aliphatic heterocycles. The third kappa shape index (κ3) is 3.02. The van der Waals surface area contributed by atoms with Crippen molar-refractivity contribution < 1.29 is 9.53 Å². The highest BCUT2D eigenvalue weighted by atomic mass is 16.5. The number of benzene rings is 2. The van der Waals surface area contributed by atoms with Crippen LogP contribution < -0.4 is 10.5 Å². The zero-order valence-corrected chi connectivity index (χ0v) is 16.1. The van der Waals surface area contributed by atoms with E-state index in [0.717, 1.165) is 27.5 Å². The van der Waals surface area contributed by atoms with Crippen LogP contribution in [0.3, 0.4) is 0 Å². The molecule has 0 aliphatic rings. The second-order valence-electron chi connectivity index (χ2n) is 6.93. The first-order chi connectivity index (χ1) is 14.6. The number of amides is 1. The minimum atomic E-state index is -0.581. The molecule has 0 saturated carbocycles. The van der Waals surface area contributed by atoms with Gasteiger partial charge in [0.15, 0.2) is 5.75 Å². The molecule has 0 aliphatic carbocycles. The second kappa shape index (κ2) is 6.97. The first-order valence-electron chi connectivity index (χ1n) is 9.32. The number of pyridine rings is 1. The fourth-order valence-electron chi connectivity index (χ4n) is 3.55. The minimum Gasteiger partial charge on any atom is -0.455 e. The van der Waals surface area contributed by atoms with Gasteiger partial charge in [0.05, 0.1) is 22.8 Å². The monoisotopic (exact) mass is 395 g/mol. The molecule has 3 heterocycles. The molecule has 5 rings (SSSR count). The molecule has 1 amide bonds. The van der Waals surface area contributed by atoms with Crippen LogP contribution in [-0.2, 0) is 7.05 Å². The lowest BCUT2D eigenvalue weighted by atomic mass is 10.0. The molecule has 2 aromatic carbocycles. The van der Waals surface area contributed by atoms with Gasteiger partial charge in [-0.3, -0.25) is 19.7 Å². The van der Waals surface area contributed by atoms with Crippen LogP contribution in [-0.4, -0.2) is 25.4 Å². The predicted octanol–water partition coefficient (Wildman–Crippen LogP) is 4.07. The number of ether oxygens (including phenoxy) is 1. The Morgan fingerprint density at radius 1 is 1.03 bits per heavy atom. The van der Waals surface area contributed by atoms with Crippen molar-refractivity contribution in [2.24, 2.45) is 12.8 Å². The number of aryl methyl sites for hydroxylation is 1. The number of carbonyl (C=O) groups is 1. The topological polar surface area (TPSA) is 95.9 Å². The summed E-state index contributed by atoms with van der Waals surface area (Å²) < 4.78 is 8.07. The normalized spacial score (nSPS) is 11.1. The van der Waals surface area contributed by atoms with Crippen LogP contribution in [0.1, 0.15) is 10.4 Å². The SMILES string of the molecule is Cn1ccc2ccc(-c3cc(Oc4cnccc4C(N)=O)cc4nccnc34)cc21. The number of primary amides is 1. The third-order valence-electron chi connectivity index (χ3n) is 5.02. The fourth-order valence-corrected chi connectivity index (χ4v) is 3.55. The van der Waals surface area contributed by atoms with Gasteiger partial charge in [0.25, 0.3) is 5.91 Å². The van der Waals surface area contributed by atoms with E-state index < -0.39 is 5.91 Å². The highest BCUT2D eigenvalue weighted by Crippen LogP contribution is 2.35. The van der Waals surface area contributed by atoms with E-state index in [2.05, 4.69) is 43.8 Å². The highest BCUT2D eigenvalue weighted by molar-refractivity contribution is 5.97. The maximum atomic E-state index is 11.7. The van der Waals surface area contributed by atoms with E-state index in [-0.39, 0.29) is 11.3 Å². The van der Waals surface area contributed by atoms with Crippen LogP contribution in [0.2, 0.25) is 0 Å². The van der Waals surface area contributed by atoms with Gasteiger partial charge in [-0.05, 0) is 35.2 Å². The van der Waals surface area contributed by atoms with Crippen molar-refractivity contribution in [2.45, 2.75) is 0 Å². The molecule has 7 nitrogen and oxygen atoms in total. The average Bonchev–Trinajstić information content (AvgIpc) is 3.13. The van der Waals surface area contributed by atoms with Gasteiger partial charge in [-0.25, -0.2) is 0 Å². The molecular weight excluding hydrogens is 378 g/mol. The van der Waals surface area contributed by atoms with Crippen molar-refractivity contribution in [1.82, 2.24) is 19.5 Å². The van der Waals surface area contributed by atoms with Crippen LogP contribution in [0.5, 0.6) is 11.5 Å². The zero-order valence-electron chi connectivity index (χ0n) is 16.1. The fraction of sp³-hybridized carbons (Fsp3) is 0.0435. The van der Waals surface area contributed by atoms with Gasteiger partial charge < -0.3 is 15.0 Å². The molecular formula is C23H17N5O2. The summed E-state index contributed by atoms with van der Waals surface area (Å²) in [6.45, 7) is 0. The summed E-state index contributed by atoms with van der Waals surface area (Å²) in [6, 6.07) is 13.5. The van der Waals surface area contributed by atoms with Crippen molar-refractivity contribution in [3.63, 3.8) is 0 Å². The Kier molecular flexibility index (Phi) is 4.14. The Morgan fingerprint density at radius 2 is 1.90 bits per heavy atom. The molecule has 5 aromatic rings. The lowest BCUT2D eigenvalue weighted by Gasteiger charge is -2.12. The van der Waals surface area contributed by atoms with Gasteiger partial charge in [-0.1, -0.05) is 12.1 Å². The summed E-state index contributed by atoms with van der Waals surface area (Å²) in [5.74, 6) is 0.222. The number of fused-ring (bicyclic) bond motifs is 2. The number of nitrogens with zero attached hydrogens (tertiary/aromatic N) is 4. The molecule has 0 spiro atoms. The molecule has 2 N–H and O–H groups in total. The molecule has 3 aromatic heterocycles. The zero-order chi connectivity index (χ0) is 20.7. The van der Waals surface area contributed by atoms with E-state index in [0.29, 0.717) is 11.3 Å². The minimum absolute atomic E-state index is 0.260. The first-order valence-corrected chi connectivity index (χ1v) is 9.32. The van der Waals surface area contributed by atoms with E-state index in [1.165, 1.54) is 18.5 Å². The molecule has 7 heteroatoms. The van der Waals surface area contributed by atoms with Gasteiger partial charge in [0.1, 0.15) is 5.75 Å². The maximum Gasteiger partial charge on any atom is 0.252 e. The van der Waals surface area contributed by atoms with Crippen LogP contribution in [0.15, 0.2) is 73.4 Å². The third-order valence-corrected chi connectivity index (χ3v) is 5.02. The lowest BCUT2D eigenvalue weighted by Crippen LogP contribution is -2.12. The van der Waals surface area contributed by atoms with Crippen molar-refractivity contribution in [2.75, 3.05) is 0 Å². The number of nitrogens with two attached hydrogens (primary N) is 1. The molecule has 0 atom stereocenters.